The predicted octanol–water partition coefficient (Wildman–Crippen LogP) is 5.30. The summed E-state index contributed by atoms with van der Waals surface area (Å²) in [5.41, 5.74) is 4.32. The molecule has 1 aliphatic carbocycles. The van der Waals surface area contributed by atoms with Crippen molar-refractivity contribution in [2.24, 2.45) is 0 Å². The number of carbonyl (C=O) groups excluding carboxylic acids is 1. The maximum atomic E-state index is 13.6. The summed E-state index contributed by atoms with van der Waals surface area (Å²) in [5, 5.41) is 4.47. The summed E-state index contributed by atoms with van der Waals surface area (Å²) < 4.78 is 13.6. The third kappa shape index (κ3) is 3.39. The Balaban J connectivity index is 1.53. The average Bonchev–Trinajstić information content (AvgIpc) is 3.13. The van der Waals surface area contributed by atoms with Crippen molar-refractivity contribution >= 4 is 16.9 Å². The van der Waals surface area contributed by atoms with E-state index in [-0.39, 0.29) is 23.9 Å². The second-order valence-corrected chi connectivity index (χ2v) is 8.24. The lowest BCUT2D eigenvalue weighted by Crippen LogP contribution is -2.49. The number of nitrogens with zero attached hydrogens (tertiary/aromatic N) is 1. The molecule has 150 valence electrons. The number of rotatable bonds is 2. The third-order valence-electron chi connectivity index (χ3n) is 6.41. The molecule has 29 heavy (non-hydrogen) atoms. The second-order valence-electron chi connectivity index (χ2n) is 8.24. The van der Waals surface area contributed by atoms with Crippen LogP contribution in [-0.2, 0) is 6.42 Å². The van der Waals surface area contributed by atoms with Crippen molar-refractivity contribution in [3.8, 4) is 0 Å². The lowest BCUT2D eigenvalue weighted by molar-refractivity contribution is 0.172. The zero-order valence-corrected chi connectivity index (χ0v) is 16.5. The van der Waals surface area contributed by atoms with E-state index in [1.54, 1.807) is 12.1 Å². The van der Waals surface area contributed by atoms with Gasteiger partial charge in [-0.25, -0.2) is 9.18 Å². The van der Waals surface area contributed by atoms with Gasteiger partial charge in [-0.3, -0.25) is 0 Å². The number of aromatic nitrogens is 1. The molecule has 0 radical (unpaired) electrons. The van der Waals surface area contributed by atoms with E-state index in [9.17, 15) is 9.18 Å². The second kappa shape index (κ2) is 7.54. The van der Waals surface area contributed by atoms with Gasteiger partial charge in [0.25, 0.3) is 0 Å². The van der Waals surface area contributed by atoms with Crippen LogP contribution in [0, 0.1) is 5.82 Å². The van der Waals surface area contributed by atoms with Crippen molar-refractivity contribution in [3.63, 3.8) is 0 Å². The first kappa shape index (κ1) is 18.2. The van der Waals surface area contributed by atoms with Crippen LogP contribution in [0.5, 0.6) is 0 Å². The molecule has 2 amide bonds. The average molecular weight is 391 g/mol. The van der Waals surface area contributed by atoms with Gasteiger partial charge in [0, 0.05) is 29.2 Å². The molecular weight excluding hydrogens is 365 g/mol. The number of hydrogen-bond acceptors (Lipinski definition) is 1. The van der Waals surface area contributed by atoms with Crippen LogP contribution in [0.3, 0.4) is 0 Å². The Morgan fingerprint density at radius 3 is 2.59 bits per heavy atom. The summed E-state index contributed by atoms with van der Waals surface area (Å²) in [6, 6.07) is 14.8. The zero-order valence-electron chi connectivity index (χ0n) is 16.5. The summed E-state index contributed by atoms with van der Waals surface area (Å²) in [7, 11) is 0. The van der Waals surface area contributed by atoms with Crippen molar-refractivity contribution in [2.75, 3.05) is 6.54 Å². The van der Waals surface area contributed by atoms with Crippen molar-refractivity contribution in [1.29, 1.82) is 0 Å². The van der Waals surface area contributed by atoms with Gasteiger partial charge in [0.05, 0.1) is 6.04 Å². The molecule has 1 atom stereocenters. The van der Waals surface area contributed by atoms with Gasteiger partial charge in [0.15, 0.2) is 0 Å². The summed E-state index contributed by atoms with van der Waals surface area (Å²) in [4.78, 5) is 18.7. The van der Waals surface area contributed by atoms with E-state index in [1.807, 2.05) is 17.0 Å². The summed E-state index contributed by atoms with van der Waals surface area (Å²) in [6.07, 6.45) is 6.54. The van der Waals surface area contributed by atoms with E-state index in [0.717, 1.165) is 36.0 Å². The molecule has 5 rings (SSSR count). The molecule has 1 saturated carbocycles. The fourth-order valence-corrected chi connectivity index (χ4v) is 4.96. The van der Waals surface area contributed by atoms with Crippen LogP contribution in [0.25, 0.3) is 10.9 Å². The number of para-hydroxylation sites is 1. The van der Waals surface area contributed by atoms with E-state index < -0.39 is 0 Å². The zero-order chi connectivity index (χ0) is 19.8. The van der Waals surface area contributed by atoms with Gasteiger partial charge in [-0.1, -0.05) is 49.6 Å². The third-order valence-corrected chi connectivity index (χ3v) is 6.41. The number of fused-ring (bicyclic) bond motifs is 3. The first-order valence-corrected chi connectivity index (χ1v) is 10.6. The van der Waals surface area contributed by atoms with Crippen LogP contribution in [0.1, 0.15) is 55.0 Å². The van der Waals surface area contributed by atoms with Gasteiger partial charge in [-0.05, 0) is 48.6 Å². The molecule has 3 aromatic rings. The molecule has 5 heteroatoms. The number of halogens is 1. The summed E-state index contributed by atoms with van der Waals surface area (Å²) >= 11 is 0. The SMILES string of the molecule is O=C(NC1CCCCC1)N1CCc2c([nH]c3ccccc23)[C@@H]1c1ccc(F)cc1. The Kier molecular flexibility index (Phi) is 4.74. The fraction of sp³-hybridized carbons (Fsp3) is 0.375. The predicted molar refractivity (Wildman–Crippen MR) is 112 cm³/mol. The lowest BCUT2D eigenvalue weighted by Gasteiger charge is -2.37. The van der Waals surface area contributed by atoms with Crippen molar-refractivity contribution in [1.82, 2.24) is 15.2 Å². The molecule has 4 nitrogen and oxygen atoms in total. The van der Waals surface area contributed by atoms with Gasteiger partial charge in [0.2, 0.25) is 0 Å². The van der Waals surface area contributed by atoms with Crippen molar-refractivity contribution < 1.29 is 9.18 Å². The van der Waals surface area contributed by atoms with E-state index in [4.69, 9.17) is 0 Å². The number of H-pyrrole nitrogens is 1. The molecule has 1 aromatic heterocycles. The van der Waals surface area contributed by atoms with Crippen LogP contribution in [0.15, 0.2) is 48.5 Å². The highest BCUT2D eigenvalue weighted by atomic mass is 19.1. The minimum Gasteiger partial charge on any atom is -0.356 e. The summed E-state index contributed by atoms with van der Waals surface area (Å²) in [5.74, 6) is -0.264. The van der Waals surface area contributed by atoms with Crippen LogP contribution in [0.4, 0.5) is 9.18 Å². The van der Waals surface area contributed by atoms with Gasteiger partial charge in [-0.15, -0.1) is 0 Å². The van der Waals surface area contributed by atoms with Gasteiger partial charge >= 0.3 is 6.03 Å². The molecule has 2 heterocycles. The molecule has 0 saturated heterocycles. The Hall–Kier alpha value is -2.82. The van der Waals surface area contributed by atoms with E-state index >= 15 is 0 Å². The van der Waals surface area contributed by atoms with Crippen LogP contribution >= 0.6 is 0 Å². The fourth-order valence-electron chi connectivity index (χ4n) is 4.96. The molecule has 2 aromatic carbocycles. The summed E-state index contributed by atoms with van der Waals surface area (Å²) in [6.45, 7) is 0.648. The maximum Gasteiger partial charge on any atom is 0.318 e. The largest absolute Gasteiger partial charge is 0.356 e. The number of hydrogen-bond donors (Lipinski definition) is 2. The number of carbonyl (C=O) groups is 1. The Labute approximate surface area is 170 Å². The van der Waals surface area contributed by atoms with Crippen molar-refractivity contribution in [2.45, 2.75) is 50.6 Å². The number of amides is 2. The minimum atomic E-state index is -0.264. The van der Waals surface area contributed by atoms with Crippen LogP contribution in [-0.4, -0.2) is 28.5 Å². The Morgan fingerprint density at radius 2 is 1.79 bits per heavy atom. The number of benzene rings is 2. The molecular formula is C24H26FN3O. The van der Waals surface area contributed by atoms with E-state index in [2.05, 4.69) is 22.4 Å². The standard InChI is InChI=1S/C24H26FN3O/c25-17-12-10-16(11-13-17)23-22-20(19-8-4-5-9-21(19)27-22)14-15-28(23)24(29)26-18-6-2-1-3-7-18/h4-5,8-13,18,23,27H,1-3,6-7,14-15H2,(H,26,29)/t23-/m0/s1. The number of urea groups is 1. The molecule has 0 unspecified atom stereocenters. The van der Waals surface area contributed by atoms with Crippen LogP contribution in [0.2, 0.25) is 0 Å². The number of nitrogens with one attached hydrogen (secondary N) is 2. The first-order valence-electron chi connectivity index (χ1n) is 10.6. The topological polar surface area (TPSA) is 48.1 Å². The van der Waals surface area contributed by atoms with Gasteiger partial charge in [-0.2, -0.15) is 0 Å². The van der Waals surface area contributed by atoms with Gasteiger partial charge < -0.3 is 15.2 Å². The van der Waals surface area contributed by atoms with Gasteiger partial charge in [0.1, 0.15) is 5.82 Å². The smallest absolute Gasteiger partial charge is 0.318 e. The molecule has 2 aliphatic rings. The maximum absolute atomic E-state index is 13.6. The van der Waals surface area contributed by atoms with E-state index in [1.165, 1.54) is 42.3 Å². The molecule has 1 aliphatic heterocycles. The first-order chi connectivity index (χ1) is 14.2. The highest BCUT2D eigenvalue weighted by Gasteiger charge is 2.35. The van der Waals surface area contributed by atoms with E-state index in [0.29, 0.717) is 6.54 Å². The molecule has 2 N–H and O–H groups in total. The minimum absolute atomic E-state index is 0.0180. The molecule has 1 fully saturated rings. The van der Waals surface area contributed by atoms with Crippen LogP contribution < -0.4 is 5.32 Å². The lowest BCUT2D eigenvalue weighted by atomic mass is 9.92. The molecule has 0 spiro atoms. The Bertz CT molecular complexity index is 1020. The van der Waals surface area contributed by atoms with Crippen molar-refractivity contribution in [3.05, 3.63) is 71.2 Å². The Morgan fingerprint density at radius 1 is 1.03 bits per heavy atom. The highest BCUT2D eigenvalue weighted by molar-refractivity contribution is 5.86. The molecule has 0 bridgehead atoms. The quantitative estimate of drug-likeness (QED) is 0.612. The normalized spacial score (nSPS) is 19.9. The number of aromatic amines is 1. The monoisotopic (exact) mass is 391 g/mol. The highest BCUT2D eigenvalue weighted by Crippen LogP contribution is 2.38.